The summed E-state index contributed by atoms with van der Waals surface area (Å²) in [5.41, 5.74) is 0.570. The largest absolute Gasteiger partial charge is 0.132 e. The molecule has 0 saturated heterocycles. The fourth-order valence-corrected chi connectivity index (χ4v) is 3.22. The second kappa shape index (κ2) is 3.40. The van der Waals surface area contributed by atoms with Crippen LogP contribution in [-0.2, 0) is 0 Å². The van der Waals surface area contributed by atoms with Gasteiger partial charge in [-0.3, -0.25) is 0 Å². The summed E-state index contributed by atoms with van der Waals surface area (Å²) in [4.78, 5) is 0. The van der Waals surface area contributed by atoms with Gasteiger partial charge in [-0.25, -0.2) is 0 Å². The first-order valence-electron chi connectivity index (χ1n) is 3.42. The van der Waals surface area contributed by atoms with Crippen LogP contribution >= 0.6 is 69.4 Å². The Hall–Kier alpha value is 1.31. The highest BCUT2D eigenvalue weighted by atomic mass is 36.6. The van der Waals surface area contributed by atoms with Crippen LogP contribution in [0.25, 0.3) is 0 Å². The van der Waals surface area contributed by atoms with Gasteiger partial charge in [-0.2, -0.15) is 0 Å². The third kappa shape index (κ3) is 3.71. The standard InChI is InChI=1S/C7H6Cl6S/c8-7(14(9,10,11,12)13)6-4-2-1-3-5-6/h1-5,7H. The lowest BCUT2D eigenvalue weighted by atomic mass is 10.2. The molecule has 7 heteroatoms. The molecule has 0 aliphatic carbocycles. The zero-order valence-corrected chi connectivity index (χ0v) is 12.0. The number of benzene rings is 1. The molecule has 1 rings (SSSR count). The third-order valence-electron chi connectivity index (χ3n) is 1.45. The average Bonchev–Trinajstić information content (AvgIpc) is 2.01. The number of hydrogen-bond acceptors (Lipinski definition) is 0. The molecular formula is C7H6Cl6S. The molecule has 0 amide bonds. The average molecular weight is 335 g/mol. The molecule has 0 nitrogen and oxygen atoms in total. The number of halogens is 6. The van der Waals surface area contributed by atoms with Gasteiger partial charge in [-0.15, -0.1) is 11.6 Å². The highest BCUT2D eigenvalue weighted by Gasteiger charge is 2.59. The van der Waals surface area contributed by atoms with Gasteiger partial charge in [0.2, 0.25) is 0 Å². The summed E-state index contributed by atoms with van der Waals surface area (Å²) in [7, 11) is 28.9. The Morgan fingerprint density at radius 2 is 1.29 bits per heavy atom. The highest BCUT2D eigenvalue weighted by molar-refractivity contribution is 9.23. The zero-order chi connectivity index (χ0) is 11.1. The van der Waals surface area contributed by atoms with E-state index in [0.29, 0.717) is 5.56 Å². The first-order chi connectivity index (χ1) is 6.00. The summed E-state index contributed by atoms with van der Waals surface area (Å²) >= 11 is 5.96. The van der Waals surface area contributed by atoms with Crippen molar-refractivity contribution in [1.82, 2.24) is 0 Å². The van der Waals surface area contributed by atoms with Crippen LogP contribution < -0.4 is 0 Å². The lowest BCUT2D eigenvalue weighted by Crippen LogP contribution is -2.06. The summed E-state index contributed by atoms with van der Waals surface area (Å²) < 4.78 is -5.84. The summed E-state index contributed by atoms with van der Waals surface area (Å²) in [6, 6.07) is 8.71. The van der Waals surface area contributed by atoms with Gasteiger partial charge in [0.05, 0.1) is 0 Å². The Bertz CT molecular complexity index is 327. The van der Waals surface area contributed by atoms with Gasteiger partial charge in [0.25, 0.3) is 0 Å². The zero-order valence-electron chi connectivity index (χ0n) is 6.64. The second-order valence-corrected chi connectivity index (χ2v) is 22.6. The van der Waals surface area contributed by atoms with Crippen molar-refractivity contribution in [1.29, 1.82) is 0 Å². The third-order valence-corrected chi connectivity index (χ3v) is 8.14. The van der Waals surface area contributed by atoms with E-state index in [0.717, 1.165) is 0 Å². The molecule has 0 radical (unpaired) electrons. The summed E-state index contributed by atoms with van der Waals surface area (Å²) in [6.07, 6.45) is 0. The molecule has 1 atom stereocenters. The Kier molecular flexibility index (Phi) is 3.25. The van der Waals surface area contributed by atoms with Gasteiger partial charge < -0.3 is 0 Å². The highest BCUT2D eigenvalue weighted by Crippen LogP contribution is 3.14. The van der Waals surface area contributed by atoms with Crippen LogP contribution in [0.1, 0.15) is 10.3 Å². The van der Waals surface area contributed by atoms with E-state index in [4.69, 9.17) is 65.0 Å². The summed E-state index contributed by atoms with van der Waals surface area (Å²) in [5, 5.41) is 0. The monoisotopic (exact) mass is 332 g/mol. The number of rotatable bonds is 2. The molecular weight excluding hydrogens is 329 g/mol. The van der Waals surface area contributed by atoms with E-state index in [9.17, 15) is 0 Å². The van der Waals surface area contributed by atoms with E-state index in [1.807, 2.05) is 6.07 Å². The molecule has 0 heterocycles. The normalized spacial score (nSPS) is 19.6. The van der Waals surface area contributed by atoms with Crippen molar-refractivity contribution < 1.29 is 0 Å². The minimum atomic E-state index is -4.77. The Morgan fingerprint density at radius 3 is 1.64 bits per heavy atom. The van der Waals surface area contributed by atoms with E-state index in [-0.39, 0.29) is 0 Å². The predicted octanol–water partition coefficient (Wildman–Crippen LogP) is 6.57. The summed E-state index contributed by atoms with van der Waals surface area (Å²) in [6.45, 7) is 0. The summed E-state index contributed by atoms with van der Waals surface area (Å²) in [5.74, 6) is 0. The van der Waals surface area contributed by atoms with Gasteiger partial charge >= 0.3 is 0 Å². The van der Waals surface area contributed by atoms with Crippen LogP contribution in [0.15, 0.2) is 30.3 Å². The van der Waals surface area contributed by atoms with Gasteiger partial charge in [-0.05, 0) is 59.0 Å². The molecule has 0 N–H and O–H groups in total. The first kappa shape index (κ1) is 13.4. The van der Waals surface area contributed by atoms with E-state index >= 15 is 0 Å². The molecule has 0 saturated carbocycles. The molecule has 1 aromatic carbocycles. The molecule has 0 aromatic heterocycles. The maximum absolute atomic E-state index is 5.96. The van der Waals surface area contributed by atoms with Crippen molar-refractivity contribution in [3.63, 3.8) is 0 Å². The van der Waals surface area contributed by atoms with Crippen molar-refractivity contribution in [3.8, 4) is 0 Å². The number of alkyl halides is 1. The molecule has 0 bridgehead atoms. The van der Waals surface area contributed by atoms with Crippen LogP contribution in [0.3, 0.4) is 0 Å². The Morgan fingerprint density at radius 1 is 0.857 bits per heavy atom. The van der Waals surface area contributed by atoms with Gasteiger partial charge in [0.15, 0.2) is 0 Å². The minimum Gasteiger partial charge on any atom is -0.103 e. The van der Waals surface area contributed by atoms with E-state index in [2.05, 4.69) is 0 Å². The van der Waals surface area contributed by atoms with Crippen molar-refractivity contribution in [2.24, 2.45) is 0 Å². The van der Waals surface area contributed by atoms with Crippen LogP contribution in [0.2, 0.25) is 0 Å². The molecule has 0 aliphatic heterocycles. The maximum atomic E-state index is 5.96. The van der Waals surface area contributed by atoms with Gasteiger partial charge in [0, 0.05) is 4.36 Å². The van der Waals surface area contributed by atoms with Crippen LogP contribution in [-0.4, -0.2) is 0 Å². The molecule has 1 aromatic rings. The predicted molar refractivity (Wildman–Crippen MR) is 71.9 cm³/mol. The molecule has 0 aliphatic rings. The molecule has 0 fully saturated rings. The lowest BCUT2D eigenvalue weighted by Gasteiger charge is -2.53. The van der Waals surface area contributed by atoms with Gasteiger partial charge in [-0.1, -0.05) is 30.3 Å². The van der Waals surface area contributed by atoms with E-state index in [1.165, 1.54) is 0 Å². The second-order valence-electron chi connectivity index (χ2n) is 2.76. The topological polar surface area (TPSA) is 0 Å². The van der Waals surface area contributed by atoms with Crippen molar-refractivity contribution in [2.45, 2.75) is 4.71 Å². The molecule has 82 valence electrons. The molecule has 1 unspecified atom stereocenters. The Labute approximate surface area is 109 Å². The number of hydrogen-bond donors (Lipinski definition) is 0. The maximum Gasteiger partial charge on any atom is 0.132 e. The van der Waals surface area contributed by atoms with Crippen molar-refractivity contribution in [3.05, 3.63) is 35.9 Å². The first-order valence-corrected chi connectivity index (χ1v) is 10.5. The molecule has 14 heavy (non-hydrogen) atoms. The minimum absolute atomic E-state index is 0.570. The Balaban J connectivity index is 3.17. The van der Waals surface area contributed by atoms with E-state index < -0.39 is 9.07 Å². The van der Waals surface area contributed by atoms with E-state index in [1.54, 1.807) is 24.3 Å². The van der Waals surface area contributed by atoms with Crippen LogP contribution in [0.4, 0.5) is 0 Å². The fraction of sp³-hybridized carbons (Fsp3) is 0.143. The molecule has 0 spiro atoms. The fourth-order valence-electron chi connectivity index (χ4n) is 0.862. The SMILES string of the molecule is ClC(c1ccccc1)S(Cl)(Cl)(Cl)(Cl)Cl. The van der Waals surface area contributed by atoms with Crippen LogP contribution in [0.5, 0.6) is 0 Å². The van der Waals surface area contributed by atoms with Crippen molar-refractivity contribution >= 4 is 69.4 Å². The van der Waals surface area contributed by atoms with Crippen molar-refractivity contribution in [2.75, 3.05) is 0 Å². The lowest BCUT2D eigenvalue weighted by molar-refractivity contribution is 1.36. The van der Waals surface area contributed by atoms with Gasteiger partial charge in [0.1, 0.15) is 4.71 Å². The van der Waals surface area contributed by atoms with Crippen LogP contribution in [0, 0.1) is 0 Å². The smallest absolute Gasteiger partial charge is 0.103 e. The quantitative estimate of drug-likeness (QED) is 0.536.